The molecule has 1 saturated heterocycles. The van der Waals surface area contributed by atoms with E-state index in [4.69, 9.17) is 14.7 Å². The van der Waals surface area contributed by atoms with Gasteiger partial charge in [0.05, 0.1) is 26.3 Å². The number of hydrogen-bond acceptors (Lipinski definition) is 6. The molecule has 0 bridgehead atoms. The molecule has 1 aromatic carbocycles. The molecule has 0 unspecified atom stereocenters. The number of rotatable bonds is 6. The van der Waals surface area contributed by atoms with Gasteiger partial charge in [-0.15, -0.1) is 11.3 Å². The fourth-order valence-corrected chi connectivity index (χ4v) is 4.06. The molecule has 0 saturated carbocycles. The second-order valence-corrected chi connectivity index (χ2v) is 6.98. The van der Waals surface area contributed by atoms with E-state index in [1.165, 1.54) is 11.3 Å². The topological polar surface area (TPSA) is 74.6 Å². The summed E-state index contributed by atoms with van der Waals surface area (Å²) in [7, 11) is 3.27. The first-order valence-corrected chi connectivity index (χ1v) is 9.27. The van der Waals surface area contributed by atoms with Gasteiger partial charge in [0.15, 0.2) is 0 Å². The Hall–Kier alpha value is -2.56. The van der Waals surface area contributed by atoms with Crippen LogP contribution in [0.3, 0.4) is 0 Å². The predicted octanol–water partition coefficient (Wildman–Crippen LogP) is 3.41. The zero-order chi connectivity index (χ0) is 18.5. The molecule has 7 heteroatoms. The van der Waals surface area contributed by atoms with Crippen molar-refractivity contribution in [3.63, 3.8) is 0 Å². The fraction of sp³-hybridized carbons (Fsp3) is 0.368. The molecule has 1 aromatic heterocycles. The van der Waals surface area contributed by atoms with Gasteiger partial charge in [0.2, 0.25) is 5.91 Å². The highest BCUT2D eigenvalue weighted by molar-refractivity contribution is 7.14. The largest absolute Gasteiger partial charge is 0.497 e. The van der Waals surface area contributed by atoms with Crippen LogP contribution in [0.25, 0.3) is 0 Å². The van der Waals surface area contributed by atoms with Gasteiger partial charge in [-0.3, -0.25) is 9.69 Å². The number of benzene rings is 1. The zero-order valence-corrected chi connectivity index (χ0v) is 15.6. The molecule has 0 aliphatic carbocycles. The number of hydrogen-bond donors (Lipinski definition) is 1. The van der Waals surface area contributed by atoms with Crippen molar-refractivity contribution >= 4 is 22.2 Å². The summed E-state index contributed by atoms with van der Waals surface area (Å²) in [5.41, 5.74) is 1.56. The number of carbonyl (C=O) groups excluding carboxylic acids is 1. The van der Waals surface area contributed by atoms with E-state index in [-0.39, 0.29) is 18.5 Å². The van der Waals surface area contributed by atoms with Crippen LogP contribution in [0.4, 0.5) is 5.00 Å². The van der Waals surface area contributed by atoms with Crippen molar-refractivity contribution in [3.8, 4) is 17.6 Å². The third-order valence-electron chi connectivity index (χ3n) is 4.55. The quantitative estimate of drug-likeness (QED) is 0.842. The molecule has 1 aliphatic rings. The lowest BCUT2D eigenvalue weighted by molar-refractivity contribution is -0.117. The smallest absolute Gasteiger partial charge is 0.239 e. The lowest BCUT2D eigenvalue weighted by Crippen LogP contribution is -2.33. The van der Waals surface area contributed by atoms with Gasteiger partial charge < -0.3 is 14.8 Å². The lowest BCUT2D eigenvalue weighted by Gasteiger charge is -2.25. The Balaban J connectivity index is 1.72. The van der Waals surface area contributed by atoms with Gasteiger partial charge in [-0.25, -0.2) is 0 Å². The van der Waals surface area contributed by atoms with Gasteiger partial charge >= 0.3 is 0 Å². The Morgan fingerprint density at radius 3 is 2.96 bits per heavy atom. The number of anilines is 1. The minimum Gasteiger partial charge on any atom is -0.497 e. The number of nitriles is 1. The van der Waals surface area contributed by atoms with Gasteiger partial charge in [0.1, 0.15) is 22.6 Å². The predicted molar refractivity (Wildman–Crippen MR) is 101 cm³/mol. The monoisotopic (exact) mass is 371 g/mol. The standard InChI is InChI=1S/C19H21N3O3S/c1-24-14-5-6-15(17(10-14)25-2)16-4-3-8-22(16)12-18(23)21-19-13(11-20)7-9-26-19/h5-7,9-10,16H,3-4,8,12H2,1-2H3,(H,21,23)/t16-/m1/s1. The van der Waals surface area contributed by atoms with E-state index in [2.05, 4.69) is 16.3 Å². The van der Waals surface area contributed by atoms with E-state index >= 15 is 0 Å². The fourth-order valence-electron chi connectivity index (χ4n) is 3.31. The Bertz CT molecular complexity index is 828. The molecule has 3 rings (SSSR count). The summed E-state index contributed by atoms with van der Waals surface area (Å²) in [6, 6.07) is 9.72. The van der Waals surface area contributed by atoms with Crippen LogP contribution >= 0.6 is 11.3 Å². The van der Waals surface area contributed by atoms with E-state index in [1.54, 1.807) is 25.7 Å². The highest BCUT2D eigenvalue weighted by Crippen LogP contribution is 2.38. The minimum atomic E-state index is -0.108. The van der Waals surface area contributed by atoms with Crippen molar-refractivity contribution in [1.82, 2.24) is 4.90 Å². The van der Waals surface area contributed by atoms with Crippen molar-refractivity contribution in [2.75, 3.05) is 32.6 Å². The van der Waals surface area contributed by atoms with E-state index in [1.807, 2.05) is 18.2 Å². The highest BCUT2D eigenvalue weighted by Gasteiger charge is 2.30. The van der Waals surface area contributed by atoms with Crippen molar-refractivity contribution < 1.29 is 14.3 Å². The molecule has 6 nitrogen and oxygen atoms in total. The number of methoxy groups -OCH3 is 2. The first-order valence-electron chi connectivity index (χ1n) is 8.39. The Kier molecular flexibility index (Phi) is 5.76. The number of amides is 1. The van der Waals surface area contributed by atoms with E-state index in [0.717, 1.165) is 36.4 Å². The number of carbonyl (C=O) groups is 1. The molecule has 1 fully saturated rings. The Morgan fingerprint density at radius 1 is 1.38 bits per heavy atom. The van der Waals surface area contributed by atoms with E-state index in [9.17, 15) is 4.79 Å². The second kappa shape index (κ2) is 8.21. The summed E-state index contributed by atoms with van der Waals surface area (Å²) >= 11 is 1.36. The molecule has 26 heavy (non-hydrogen) atoms. The molecule has 2 aromatic rings. The maximum Gasteiger partial charge on any atom is 0.239 e. The van der Waals surface area contributed by atoms with E-state index in [0.29, 0.717) is 10.6 Å². The molecule has 136 valence electrons. The van der Waals surface area contributed by atoms with Crippen molar-refractivity contribution in [1.29, 1.82) is 5.26 Å². The highest BCUT2D eigenvalue weighted by atomic mass is 32.1. The molecular weight excluding hydrogens is 350 g/mol. The number of nitrogens with zero attached hydrogens (tertiary/aromatic N) is 2. The van der Waals surface area contributed by atoms with Gasteiger partial charge in [-0.1, -0.05) is 6.07 Å². The normalized spacial score (nSPS) is 16.9. The molecule has 1 amide bonds. The summed E-state index contributed by atoms with van der Waals surface area (Å²) in [5, 5.41) is 14.3. The summed E-state index contributed by atoms with van der Waals surface area (Å²) in [6.07, 6.45) is 1.99. The van der Waals surface area contributed by atoms with Crippen LogP contribution in [-0.2, 0) is 4.79 Å². The van der Waals surface area contributed by atoms with E-state index < -0.39 is 0 Å². The van der Waals surface area contributed by atoms with Crippen molar-refractivity contribution in [2.45, 2.75) is 18.9 Å². The zero-order valence-electron chi connectivity index (χ0n) is 14.8. The van der Waals surface area contributed by atoms with Crippen LogP contribution in [0, 0.1) is 11.3 Å². The second-order valence-electron chi connectivity index (χ2n) is 6.06. The minimum absolute atomic E-state index is 0.108. The SMILES string of the molecule is COc1ccc([C@H]2CCCN2CC(=O)Nc2sccc2C#N)c(OC)c1. The van der Waals surface area contributed by atoms with Crippen molar-refractivity contribution in [2.24, 2.45) is 0 Å². The van der Waals surface area contributed by atoms with Crippen LogP contribution in [0.15, 0.2) is 29.6 Å². The summed E-state index contributed by atoms with van der Waals surface area (Å²) < 4.78 is 10.8. The van der Waals surface area contributed by atoms with Crippen LogP contribution in [-0.4, -0.2) is 38.1 Å². The van der Waals surface area contributed by atoms with Crippen molar-refractivity contribution in [3.05, 3.63) is 40.8 Å². The van der Waals surface area contributed by atoms with Crippen LogP contribution in [0.5, 0.6) is 11.5 Å². The van der Waals surface area contributed by atoms with Crippen LogP contribution in [0.1, 0.15) is 30.0 Å². The third kappa shape index (κ3) is 3.82. The van der Waals surface area contributed by atoms with Crippen LogP contribution in [0.2, 0.25) is 0 Å². The number of likely N-dealkylation sites (tertiary alicyclic amines) is 1. The van der Waals surface area contributed by atoms with Gasteiger partial charge in [-0.2, -0.15) is 5.26 Å². The number of ether oxygens (including phenoxy) is 2. The summed E-state index contributed by atoms with van der Waals surface area (Å²) in [6.45, 7) is 1.13. The lowest BCUT2D eigenvalue weighted by atomic mass is 10.0. The first kappa shape index (κ1) is 18.2. The molecule has 0 radical (unpaired) electrons. The van der Waals surface area contributed by atoms with Gasteiger partial charge in [0, 0.05) is 17.7 Å². The average Bonchev–Trinajstić information content (AvgIpc) is 3.30. The molecular formula is C19H21N3O3S. The summed E-state index contributed by atoms with van der Waals surface area (Å²) in [4.78, 5) is 14.6. The Labute approximate surface area is 156 Å². The maximum absolute atomic E-state index is 12.5. The van der Waals surface area contributed by atoms with Gasteiger partial charge in [0.25, 0.3) is 0 Å². The molecule has 1 N–H and O–H groups in total. The molecule has 1 atom stereocenters. The maximum atomic E-state index is 12.5. The molecule has 2 heterocycles. The Morgan fingerprint density at radius 2 is 2.23 bits per heavy atom. The molecule has 1 aliphatic heterocycles. The number of nitrogens with one attached hydrogen (secondary N) is 1. The first-order chi connectivity index (χ1) is 12.7. The third-order valence-corrected chi connectivity index (χ3v) is 5.38. The van der Waals surface area contributed by atoms with Gasteiger partial charge in [-0.05, 0) is 36.9 Å². The molecule has 0 spiro atoms. The number of thiophene rings is 1. The van der Waals surface area contributed by atoms with Crippen LogP contribution < -0.4 is 14.8 Å². The summed E-state index contributed by atoms with van der Waals surface area (Å²) in [5.74, 6) is 1.41. The average molecular weight is 371 g/mol.